The van der Waals surface area contributed by atoms with Crippen LogP contribution in [0, 0.1) is 0 Å². The first-order chi connectivity index (χ1) is 8.84. The lowest BCUT2D eigenvalue weighted by molar-refractivity contribution is 0.565. The monoisotopic (exact) mass is 308 g/mol. The number of aryl methyl sites for hydroxylation is 1. The van der Waals surface area contributed by atoms with Gasteiger partial charge in [-0.05, 0) is 47.4 Å². The first-order valence-corrected chi connectivity index (χ1v) is 6.92. The number of aromatic nitrogens is 3. The Kier molecular flexibility index (Phi) is 5.36. The Morgan fingerprint density at radius 3 is 3.00 bits per heavy atom. The standard InChI is InChI=1S/C13H17BrN4/c14-13-5-3-4-12(17-13)10-15-6-1-2-8-18-9-7-16-11-18/h3-5,7,9,11,15H,1-2,6,8,10H2. The Hall–Kier alpha value is -1.20. The van der Waals surface area contributed by atoms with Crippen LogP contribution in [0.2, 0.25) is 0 Å². The summed E-state index contributed by atoms with van der Waals surface area (Å²) in [5.41, 5.74) is 1.07. The molecule has 2 aromatic heterocycles. The summed E-state index contributed by atoms with van der Waals surface area (Å²) in [6.45, 7) is 2.88. The van der Waals surface area contributed by atoms with Gasteiger partial charge in [0.2, 0.25) is 0 Å². The fourth-order valence-corrected chi connectivity index (χ4v) is 2.11. The maximum atomic E-state index is 4.37. The predicted molar refractivity (Wildman–Crippen MR) is 75.1 cm³/mol. The summed E-state index contributed by atoms with van der Waals surface area (Å²) in [6.07, 6.45) is 8.00. The van der Waals surface area contributed by atoms with Crippen molar-refractivity contribution in [3.8, 4) is 0 Å². The number of imidazole rings is 1. The van der Waals surface area contributed by atoms with E-state index in [2.05, 4.69) is 35.8 Å². The van der Waals surface area contributed by atoms with Crippen molar-refractivity contribution < 1.29 is 0 Å². The van der Waals surface area contributed by atoms with Crippen molar-refractivity contribution in [2.24, 2.45) is 0 Å². The van der Waals surface area contributed by atoms with Crippen molar-refractivity contribution in [2.75, 3.05) is 6.54 Å². The SMILES string of the molecule is Brc1cccc(CNCCCCn2ccnc2)n1. The molecule has 0 atom stereocenters. The van der Waals surface area contributed by atoms with Gasteiger partial charge in [0.1, 0.15) is 4.60 Å². The molecule has 0 amide bonds. The molecule has 0 spiro atoms. The Bertz CT molecular complexity index is 456. The van der Waals surface area contributed by atoms with Gasteiger partial charge in [-0.25, -0.2) is 9.97 Å². The van der Waals surface area contributed by atoms with Crippen LogP contribution in [0.5, 0.6) is 0 Å². The van der Waals surface area contributed by atoms with Gasteiger partial charge in [0.15, 0.2) is 0 Å². The average molecular weight is 309 g/mol. The van der Waals surface area contributed by atoms with E-state index in [1.165, 1.54) is 0 Å². The topological polar surface area (TPSA) is 42.7 Å². The molecule has 0 aromatic carbocycles. The van der Waals surface area contributed by atoms with Crippen LogP contribution in [0.3, 0.4) is 0 Å². The number of hydrogen-bond donors (Lipinski definition) is 1. The highest BCUT2D eigenvalue weighted by molar-refractivity contribution is 9.10. The molecule has 0 saturated heterocycles. The Balaban J connectivity index is 1.56. The van der Waals surface area contributed by atoms with Gasteiger partial charge in [-0.1, -0.05) is 6.07 Å². The van der Waals surface area contributed by atoms with Gasteiger partial charge >= 0.3 is 0 Å². The van der Waals surface area contributed by atoms with Gasteiger partial charge in [0.25, 0.3) is 0 Å². The van der Waals surface area contributed by atoms with Crippen LogP contribution in [-0.4, -0.2) is 21.1 Å². The van der Waals surface area contributed by atoms with Crippen LogP contribution in [0.15, 0.2) is 41.5 Å². The molecule has 5 heteroatoms. The second-order valence-corrected chi connectivity index (χ2v) is 4.95. The van der Waals surface area contributed by atoms with Gasteiger partial charge in [-0.2, -0.15) is 0 Å². The van der Waals surface area contributed by atoms with Gasteiger partial charge in [-0.3, -0.25) is 0 Å². The maximum absolute atomic E-state index is 4.37. The quantitative estimate of drug-likeness (QED) is 0.631. The molecule has 1 N–H and O–H groups in total. The fourth-order valence-electron chi connectivity index (χ4n) is 1.73. The molecule has 4 nitrogen and oxygen atoms in total. The van der Waals surface area contributed by atoms with E-state index in [1.54, 1.807) is 0 Å². The molecule has 96 valence electrons. The van der Waals surface area contributed by atoms with Crippen molar-refractivity contribution in [3.63, 3.8) is 0 Å². The highest BCUT2D eigenvalue weighted by Crippen LogP contribution is 2.05. The fraction of sp³-hybridized carbons (Fsp3) is 0.385. The number of nitrogens with zero attached hydrogens (tertiary/aromatic N) is 3. The lowest BCUT2D eigenvalue weighted by atomic mass is 10.3. The minimum absolute atomic E-state index is 0.824. The van der Waals surface area contributed by atoms with Gasteiger partial charge < -0.3 is 9.88 Å². The zero-order valence-electron chi connectivity index (χ0n) is 10.2. The Labute approximate surface area is 116 Å². The summed E-state index contributed by atoms with van der Waals surface area (Å²) in [7, 11) is 0. The van der Waals surface area contributed by atoms with Crippen LogP contribution in [0.25, 0.3) is 0 Å². The first kappa shape index (κ1) is 13.2. The number of pyridine rings is 1. The molecule has 2 aromatic rings. The molecule has 0 unspecified atom stereocenters. The lowest BCUT2D eigenvalue weighted by Crippen LogP contribution is -2.16. The van der Waals surface area contributed by atoms with E-state index in [9.17, 15) is 0 Å². The van der Waals surface area contributed by atoms with E-state index in [4.69, 9.17) is 0 Å². The van der Waals surface area contributed by atoms with Crippen LogP contribution in [-0.2, 0) is 13.1 Å². The van der Waals surface area contributed by atoms with E-state index in [0.717, 1.165) is 42.8 Å². The number of hydrogen-bond acceptors (Lipinski definition) is 3. The third-order valence-electron chi connectivity index (χ3n) is 2.66. The molecule has 0 fully saturated rings. The zero-order valence-corrected chi connectivity index (χ0v) is 11.8. The van der Waals surface area contributed by atoms with Crippen LogP contribution in [0.1, 0.15) is 18.5 Å². The third-order valence-corrected chi connectivity index (χ3v) is 3.10. The third kappa shape index (κ3) is 4.58. The van der Waals surface area contributed by atoms with Gasteiger partial charge in [0.05, 0.1) is 12.0 Å². The largest absolute Gasteiger partial charge is 0.337 e. The van der Waals surface area contributed by atoms with Crippen LogP contribution < -0.4 is 5.32 Å². The second-order valence-electron chi connectivity index (χ2n) is 4.14. The number of rotatable bonds is 7. The number of unbranched alkanes of at least 4 members (excludes halogenated alkanes) is 1. The summed E-state index contributed by atoms with van der Waals surface area (Å²) in [5.74, 6) is 0. The molecule has 0 bridgehead atoms. The molecule has 0 saturated carbocycles. The summed E-state index contributed by atoms with van der Waals surface area (Å²) in [4.78, 5) is 8.39. The predicted octanol–water partition coefficient (Wildman–Crippen LogP) is 2.61. The highest BCUT2D eigenvalue weighted by atomic mass is 79.9. The molecule has 0 aliphatic heterocycles. The Morgan fingerprint density at radius 1 is 1.28 bits per heavy atom. The molecule has 2 rings (SSSR count). The first-order valence-electron chi connectivity index (χ1n) is 6.12. The minimum atomic E-state index is 0.824. The molecule has 18 heavy (non-hydrogen) atoms. The van der Waals surface area contributed by atoms with Crippen molar-refractivity contribution in [2.45, 2.75) is 25.9 Å². The minimum Gasteiger partial charge on any atom is -0.337 e. The number of halogens is 1. The van der Waals surface area contributed by atoms with Crippen molar-refractivity contribution in [3.05, 3.63) is 47.2 Å². The van der Waals surface area contributed by atoms with Crippen molar-refractivity contribution in [1.29, 1.82) is 0 Å². The normalized spacial score (nSPS) is 10.7. The van der Waals surface area contributed by atoms with E-state index in [-0.39, 0.29) is 0 Å². The second kappa shape index (κ2) is 7.28. The highest BCUT2D eigenvalue weighted by Gasteiger charge is 1.95. The molecular formula is C13H17BrN4. The van der Waals surface area contributed by atoms with Crippen LogP contribution >= 0.6 is 15.9 Å². The van der Waals surface area contributed by atoms with Gasteiger partial charge in [0, 0.05) is 25.5 Å². The molecular weight excluding hydrogens is 292 g/mol. The van der Waals surface area contributed by atoms with Crippen LogP contribution in [0.4, 0.5) is 0 Å². The average Bonchev–Trinajstić information content (AvgIpc) is 2.87. The smallest absolute Gasteiger partial charge is 0.106 e. The lowest BCUT2D eigenvalue weighted by Gasteiger charge is -2.05. The maximum Gasteiger partial charge on any atom is 0.106 e. The summed E-state index contributed by atoms with van der Waals surface area (Å²) >= 11 is 3.37. The molecule has 0 radical (unpaired) electrons. The van der Waals surface area contributed by atoms with Crippen molar-refractivity contribution in [1.82, 2.24) is 19.9 Å². The summed E-state index contributed by atoms with van der Waals surface area (Å²) < 4.78 is 3.00. The van der Waals surface area contributed by atoms with Crippen molar-refractivity contribution >= 4 is 15.9 Å². The summed E-state index contributed by atoms with van der Waals surface area (Å²) in [5, 5.41) is 3.40. The van der Waals surface area contributed by atoms with E-state index in [1.807, 2.05) is 36.9 Å². The molecule has 2 heterocycles. The van der Waals surface area contributed by atoms with E-state index in [0.29, 0.717) is 0 Å². The van der Waals surface area contributed by atoms with E-state index >= 15 is 0 Å². The molecule has 0 aliphatic rings. The summed E-state index contributed by atoms with van der Waals surface area (Å²) in [6, 6.07) is 5.98. The Morgan fingerprint density at radius 2 is 2.22 bits per heavy atom. The number of nitrogens with one attached hydrogen (secondary N) is 1. The van der Waals surface area contributed by atoms with Gasteiger partial charge in [-0.15, -0.1) is 0 Å². The molecule has 0 aliphatic carbocycles. The van der Waals surface area contributed by atoms with E-state index < -0.39 is 0 Å². The zero-order chi connectivity index (χ0) is 12.6.